The monoisotopic (exact) mass is 325 g/mol. The molecule has 1 aromatic heterocycles. The minimum absolute atomic E-state index is 0.273. The van der Waals surface area contributed by atoms with E-state index in [1.165, 1.54) is 10.4 Å². The minimum Gasteiger partial charge on any atom is -0.478 e. The molecular weight excluding hydrogens is 314 g/mol. The smallest absolute Gasteiger partial charge is 0.335 e. The number of carboxylic acid groups (broad SMARTS) is 1. The van der Waals surface area contributed by atoms with Gasteiger partial charge in [0.15, 0.2) is 0 Å². The van der Waals surface area contributed by atoms with E-state index >= 15 is 0 Å². The van der Waals surface area contributed by atoms with Crippen molar-refractivity contribution >= 4 is 38.9 Å². The maximum Gasteiger partial charge on any atom is 0.335 e. The van der Waals surface area contributed by atoms with Crippen LogP contribution in [0.15, 0.2) is 34.1 Å². The van der Waals surface area contributed by atoms with Crippen LogP contribution in [0, 0.1) is 6.92 Å². The van der Waals surface area contributed by atoms with Gasteiger partial charge in [-0.05, 0) is 42.1 Å². The number of benzene rings is 1. The lowest BCUT2D eigenvalue weighted by molar-refractivity contribution is 0.0697. The Morgan fingerprint density at radius 1 is 1.44 bits per heavy atom. The molecule has 0 saturated heterocycles. The SMILES string of the molecule is Cc1ccsc1CNc1cc(Br)cc(C(=O)O)c1. The fourth-order valence-electron chi connectivity index (χ4n) is 1.58. The molecule has 2 aromatic rings. The van der Waals surface area contributed by atoms with Gasteiger partial charge in [-0.3, -0.25) is 0 Å². The molecule has 0 aliphatic carbocycles. The summed E-state index contributed by atoms with van der Waals surface area (Å²) in [7, 11) is 0. The molecule has 0 aliphatic rings. The second kappa shape index (κ2) is 5.54. The largest absolute Gasteiger partial charge is 0.478 e. The summed E-state index contributed by atoms with van der Waals surface area (Å²) >= 11 is 5.01. The minimum atomic E-state index is -0.924. The molecule has 0 aliphatic heterocycles. The molecule has 0 fully saturated rings. The maximum absolute atomic E-state index is 10.9. The quantitative estimate of drug-likeness (QED) is 0.888. The van der Waals surface area contributed by atoms with E-state index in [2.05, 4.69) is 39.6 Å². The molecule has 0 amide bonds. The lowest BCUT2D eigenvalue weighted by Gasteiger charge is -2.07. The van der Waals surface area contributed by atoms with E-state index < -0.39 is 5.97 Å². The normalized spacial score (nSPS) is 10.3. The molecule has 0 bridgehead atoms. The summed E-state index contributed by atoms with van der Waals surface area (Å²) in [5.41, 5.74) is 2.32. The fraction of sp³-hybridized carbons (Fsp3) is 0.154. The van der Waals surface area contributed by atoms with Crippen molar-refractivity contribution in [3.8, 4) is 0 Å². The molecule has 2 N–H and O–H groups in total. The summed E-state index contributed by atoms with van der Waals surface area (Å²) in [4.78, 5) is 12.2. The van der Waals surface area contributed by atoms with E-state index in [9.17, 15) is 4.79 Å². The molecule has 0 unspecified atom stereocenters. The zero-order valence-corrected chi connectivity index (χ0v) is 12.1. The van der Waals surface area contributed by atoms with Gasteiger partial charge in [-0.25, -0.2) is 4.79 Å². The van der Waals surface area contributed by atoms with Crippen LogP contribution in [0.5, 0.6) is 0 Å². The zero-order valence-electron chi connectivity index (χ0n) is 9.74. The van der Waals surface area contributed by atoms with Crippen molar-refractivity contribution in [2.24, 2.45) is 0 Å². The van der Waals surface area contributed by atoms with Crippen molar-refractivity contribution in [1.29, 1.82) is 0 Å². The second-order valence-electron chi connectivity index (χ2n) is 3.91. The summed E-state index contributed by atoms with van der Waals surface area (Å²) in [6.07, 6.45) is 0. The Hall–Kier alpha value is -1.33. The van der Waals surface area contributed by atoms with Gasteiger partial charge in [0.05, 0.1) is 5.56 Å². The number of thiophene rings is 1. The Kier molecular flexibility index (Phi) is 4.04. The van der Waals surface area contributed by atoms with E-state index in [0.29, 0.717) is 6.54 Å². The number of hydrogen-bond acceptors (Lipinski definition) is 3. The van der Waals surface area contributed by atoms with Crippen molar-refractivity contribution in [2.75, 3.05) is 5.32 Å². The third kappa shape index (κ3) is 3.11. The average molecular weight is 326 g/mol. The standard InChI is InChI=1S/C13H12BrNO2S/c1-8-2-3-18-12(8)7-15-11-5-9(13(16)17)4-10(14)6-11/h2-6,15H,7H2,1H3,(H,16,17). The Morgan fingerprint density at radius 2 is 2.22 bits per heavy atom. The van der Waals surface area contributed by atoms with Crippen molar-refractivity contribution < 1.29 is 9.90 Å². The molecule has 0 radical (unpaired) electrons. The number of nitrogens with one attached hydrogen (secondary N) is 1. The predicted octanol–water partition coefficient (Wildman–Crippen LogP) is 4.13. The molecule has 1 aromatic carbocycles. The number of anilines is 1. The van der Waals surface area contributed by atoms with Crippen molar-refractivity contribution in [1.82, 2.24) is 0 Å². The summed E-state index contributed by atoms with van der Waals surface area (Å²) in [6, 6.07) is 7.17. The predicted molar refractivity (Wildman–Crippen MR) is 77.5 cm³/mol. The number of aromatic carboxylic acids is 1. The molecule has 3 nitrogen and oxygen atoms in total. The van der Waals surface area contributed by atoms with Crippen LogP contribution in [0.2, 0.25) is 0 Å². The number of rotatable bonds is 4. The lowest BCUT2D eigenvalue weighted by Crippen LogP contribution is -2.02. The van der Waals surface area contributed by atoms with Gasteiger partial charge in [0.1, 0.15) is 0 Å². The van der Waals surface area contributed by atoms with Crippen LogP contribution < -0.4 is 5.32 Å². The van der Waals surface area contributed by atoms with Crippen LogP contribution in [0.1, 0.15) is 20.8 Å². The lowest BCUT2D eigenvalue weighted by atomic mass is 10.2. The highest BCUT2D eigenvalue weighted by Crippen LogP contribution is 2.22. The molecule has 2 rings (SSSR count). The highest BCUT2D eigenvalue weighted by molar-refractivity contribution is 9.10. The van der Waals surface area contributed by atoms with Gasteiger partial charge in [-0.1, -0.05) is 15.9 Å². The van der Waals surface area contributed by atoms with Crippen molar-refractivity contribution in [2.45, 2.75) is 13.5 Å². The van der Waals surface area contributed by atoms with E-state index in [1.54, 1.807) is 23.5 Å². The van der Waals surface area contributed by atoms with Gasteiger partial charge in [-0.15, -0.1) is 11.3 Å². The van der Waals surface area contributed by atoms with E-state index in [4.69, 9.17) is 5.11 Å². The third-order valence-corrected chi connectivity index (χ3v) is 4.05. The number of halogens is 1. The van der Waals surface area contributed by atoms with Crippen molar-refractivity contribution in [3.63, 3.8) is 0 Å². The van der Waals surface area contributed by atoms with Crippen LogP contribution in [0.4, 0.5) is 5.69 Å². The fourth-order valence-corrected chi connectivity index (χ4v) is 2.92. The van der Waals surface area contributed by atoms with E-state index in [0.717, 1.165) is 10.2 Å². The highest BCUT2D eigenvalue weighted by atomic mass is 79.9. The first-order valence-corrected chi connectivity index (χ1v) is 7.04. The van der Waals surface area contributed by atoms with Crippen LogP contribution >= 0.6 is 27.3 Å². The van der Waals surface area contributed by atoms with Crippen LogP contribution in [0.25, 0.3) is 0 Å². The number of carbonyl (C=O) groups is 1. The maximum atomic E-state index is 10.9. The highest BCUT2D eigenvalue weighted by Gasteiger charge is 2.06. The van der Waals surface area contributed by atoms with Gasteiger partial charge in [0.2, 0.25) is 0 Å². The molecule has 1 heterocycles. The first kappa shape index (κ1) is 13.1. The summed E-state index contributed by atoms with van der Waals surface area (Å²) in [6.45, 7) is 2.77. The van der Waals surface area contributed by atoms with Crippen molar-refractivity contribution in [3.05, 3.63) is 50.1 Å². The second-order valence-corrected chi connectivity index (χ2v) is 5.83. The van der Waals surface area contributed by atoms with Gasteiger partial charge in [0, 0.05) is 21.6 Å². The molecule has 0 atom stereocenters. The van der Waals surface area contributed by atoms with Gasteiger partial charge < -0.3 is 10.4 Å². The summed E-state index contributed by atoms with van der Waals surface area (Å²) in [5.74, 6) is -0.924. The zero-order chi connectivity index (χ0) is 13.1. The van der Waals surface area contributed by atoms with Gasteiger partial charge in [-0.2, -0.15) is 0 Å². The number of carboxylic acids is 1. The van der Waals surface area contributed by atoms with Crippen LogP contribution in [-0.4, -0.2) is 11.1 Å². The van der Waals surface area contributed by atoms with Gasteiger partial charge in [0.25, 0.3) is 0 Å². The molecule has 18 heavy (non-hydrogen) atoms. The first-order chi connectivity index (χ1) is 8.56. The molecular formula is C13H12BrNO2S. The van der Waals surface area contributed by atoms with Crippen LogP contribution in [0.3, 0.4) is 0 Å². The molecule has 0 saturated carbocycles. The Labute approximate surface area is 118 Å². The summed E-state index contributed by atoms with van der Waals surface area (Å²) in [5, 5.41) is 14.3. The summed E-state index contributed by atoms with van der Waals surface area (Å²) < 4.78 is 0.757. The Balaban J connectivity index is 2.14. The Morgan fingerprint density at radius 3 is 2.83 bits per heavy atom. The van der Waals surface area contributed by atoms with Gasteiger partial charge >= 0.3 is 5.97 Å². The number of aryl methyl sites for hydroxylation is 1. The first-order valence-electron chi connectivity index (χ1n) is 5.37. The molecule has 0 spiro atoms. The van der Waals surface area contributed by atoms with E-state index in [1.807, 2.05) is 6.07 Å². The van der Waals surface area contributed by atoms with Crippen LogP contribution in [-0.2, 0) is 6.54 Å². The Bertz CT molecular complexity index is 580. The third-order valence-electron chi connectivity index (χ3n) is 2.57. The molecule has 94 valence electrons. The topological polar surface area (TPSA) is 49.3 Å². The molecule has 5 heteroatoms. The number of hydrogen-bond donors (Lipinski definition) is 2. The average Bonchev–Trinajstić information content (AvgIpc) is 2.71. The van der Waals surface area contributed by atoms with E-state index in [-0.39, 0.29) is 5.56 Å².